The molecule has 2 aliphatic rings. The van der Waals surface area contributed by atoms with Crippen molar-refractivity contribution in [2.45, 2.75) is 61.1 Å². The lowest BCUT2D eigenvalue weighted by Crippen LogP contribution is -2.53. The molecule has 0 spiro atoms. The molecule has 1 amide bonds. The number of hydrogen-bond donors (Lipinski definition) is 1. The van der Waals surface area contributed by atoms with Gasteiger partial charge < -0.3 is 5.32 Å². The minimum absolute atomic E-state index is 0.0420. The fraction of sp³-hybridized carbons (Fsp3) is 0.588. The lowest BCUT2D eigenvalue weighted by Gasteiger charge is -2.29. The van der Waals surface area contributed by atoms with Gasteiger partial charge >= 0.3 is 0 Å². The van der Waals surface area contributed by atoms with Crippen molar-refractivity contribution in [3.05, 3.63) is 29.3 Å². The van der Waals surface area contributed by atoms with Gasteiger partial charge in [0.15, 0.2) is 14.6 Å². The Morgan fingerprint density at radius 2 is 1.78 bits per heavy atom. The molecule has 2 fully saturated rings. The number of amides is 1. The maximum absolute atomic E-state index is 13.2. The number of rotatable bonds is 5. The van der Waals surface area contributed by atoms with Crippen molar-refractivity contribution in [2.75, 3.05) is 0 Å². The molecule has 0 radical (unpaired) electrons. The van der Waals surface area contributed by atoms with Crippen LogP contribution >= 0.6 is 11.6 Å². The van der Waals surface area contributed by atoms with Crippen LogP contribution in [0.3, 0.4) is 0 Å². The van der Waals surface area contributed by atoms with Crippen molar-refractivity contribution in [1.29, 1.82) is 0 Å². The van der Waals surface area contributed by atoms with E-state index in [1.807, 2.05) is 6.92 Å². The van der Waals surface area contributed by atoms with E-state index in [1.54, 1.807) is 12.1 Å². The van der Waals surface area contributed by atoms with Gasteiger partial charge in [-0.2, -0.15) is 0 Å². The Hall–Kier alpha value is -1.07. The minimum Gasteiger partial charge on any atom is -0.352 e. The van der Waals surface area contributed by atoms with Crippen LogP contribution in [-0.2, 0) is 14.6 Å². The Labute approximate surface area is 142 Å². The summed E-state index contributed by atoms with van der Waals surface area (Å²) in [7, 11) is -3.74. The van der Waals surface area contributed by atoms with Gasteiger partial charge in [0.2, 0.25) is 5.91 Å². The Kier molecular flexibility index (Phi) is 4.45. The largest absolute Gasteiger partial charge is 0.352 e. The monoisotopic (exact) mass is 355 g/mol. The minimum atomic E-state index is -3.74. The summed E-state index contributed by atoms with van der Waals surface area (Å²) in [5, 5.41) is 3.45. The van der Waals surface area contributed by atoms with E-state index < -0.39 is 14.6 Å². The van der Waals surface area contributed by atoms with E-state index in [0.29, 0.717) is 23.8 Å². The SMILES string of the molecule is CC(NC(=O)C1(S(=O)(=O)c2ccc(Cl)cc2)CCCC1)C1CC1. The van der Waals surface area contributed by atoms with Crippen LogP contribution in [0.2, 0.25) is 5.02 Å². The number of halogens is 1. The molecule has 126 valence electrons. The first-order chi connectivity index (χ1) is 10.9. The summed E-state index contributed by atoms with van der Waals surface area (Å²) in [6.07, 6.45) is 4.52. The van der Waals surface area contributed by atoms with Crippen LogP contribution < -0.4 is 5.32 Å². The van der Waals surface area contributed by atoms with Crippen LogP contribution in [0.1, 0.15) is 45.4 Å². The maximum Gasteiger partial charge on any atom is 0.242 e. The molecule has 0 bridgehead atoms. The average Bonchev–Trinajstić information content (AvgIpc) is 3.24. The van der Waals surface area contributed by atoms with Gasteiger partial charge in [-0.3, -0.25) is 4.79 Å². The standard InChI is InChI=1S/C17H22ClNO3S/c1-12(13-4-5-13)19-16(20)17(10-2-3-11-17)23(21,22)15-8-6-14(18)7-9-15/h6-9,12-13H,2-5,10-11H2,1H3,(H,19,20). The highest BCUT2D eigenvalue weighted by atomic mass is 35.5. The predicted molar refractivity (Wildman–Crippen MR) is 90.2 cm³/mol. The van der Waals surface area contributed by atoms with Gasteiger partial charge in [0.05, 0.1) is 4.90 Å². The highest BCUT2D eigenvalue weighted by Crippen LogP contribution is 2.41. The first-order valence-electron chi connectivity index (χ1n) is 8.18. The fourth-order valence-corrected chi connectivity index (χ4v) is 5.66. The first-order valence-corrected chi connectivity index (χ1v) is 10.0. The third-order valence-electron chi connectivity index (χ3n) is 5.15. The topological polar surface area (TPSA) is 63.2 Å². The molecule has 2 aliphatic carbocycles. The number of carbonyl (C=O) groups is 1. The normalized spacial score (nSPS) is 21.8. The van der Waals surface area contributed by atoms with Crippen LogP contribution in [0.15, 0.2) is 29.2 Å². The predicted octanol–water partition coefficient (Wildman–Crippen LogP) is 3.34. The molecule has 1 aromatic rings. The van der Waals surface area contributed by atoms with Gasteiger partial charge in [0, 0.05) is 11.1 Å². The average molecular weight is 356 g/mol. The molecule has 0 saturated heterocycles. The Morgan fingerprint density at radius 3 is 2.30 bits per heavy atom. The van der Waals surface area contributed by atoms with Crippen LogP contribution in [0.25, 0.3) is 0 Å². The van der Waals surface area contributed by atoms with Crippen LogP contribution in [0.5, 0.6) is 0 Å². The molecule has 2 saturated carbocycles. The second-order valence-electron chi connectivity index (χ2n) is 6.76. The zero-order valence-corrected chi connectivity index (χ0v) is 14.8. The number of nitrogens with one attached hydrogen (secondary N) is 1. The molecule has 3 rings (SSSR count). The summed E-state index contributed by atoms with van der Waals surface area (Å²) < 4.78 is 25.0. The van der Waals surface area contributed by atoms with Crippen molar-refractivity contribution in [3.8, 4) is 0 Å². The quantitative estimate of drug-likeness (QED) is 0.881. The summed E-state index contributed by atoms with van der Waals surface area (Å²) in [5.41, 5.74) is 0. The van der Waals surface area contributed by atoms with Crippen LogP contribution in [0, 0.1) is 5.92 Å². The second kappa shape index (κ2) is 6.10. The summed E-state index contributed by atoms with van der Waals surface area (Å²) >= 11 is 5.86. The van der Waals surface area contributed by atoms with Gasteiger partial charge in [-0.05, 0) is 62.8 Å². The van der Waals surface area contributed by atoms with E-state index in [4.69, 9.17) is 11.6 Å². The lowest BCUT2D eigenvalue weighted by molar-refractivity contribution is -0.124. The van der Waals surface area contributed by atoms with Crippen molar-refractivity contribution < 1.29 is 13.2 Å². The zero-order chi connectivity index (χ0) is 16.7. The van der Waals surface area contributed by atoms with Gasteiger partial charge in [-0.25, -0.2) is 8.42 Å². The summed E-state index contributed by atoms with van der Waals surface area (Å²) in [5.74, 6) is 0.167. The molecule has 0 heterocycles. The molecular weight excluding hydrogens is 334 g/mol. The Bertz CT molecular complexity index is 689. The second-order valence-corrected chi connectivity index (χ2v) is 9.45. The van der Waals surface area contributed by atoms with Crippen molar-refractivity contribution in [2.24, 2.45) is 5.92 Å². The molecule has 1 aromatic carbocycles. The Balaban J connectivity index is 1.92. The molecular formula is C17H22ClNO3S. The molecule has 4 nitrogen and oxygen atoms in total. The number of carbonyl (C=O) groups excluding carboxylic acids is 1. The number of benzene rings is 1. The Morgan fingerprint density at radius 1 is 1.22 bits per heavy atom. The fourth-order valence-electron chi connectivity index (χ4n) is 3.46. The van der Waals surface area contributed by atoms with E-state index in [2.05, 4.69) is 5.32 Å². The molecule has 1 unspecified atom stereocenters. The highest BCUT2D eigenvalue weighted by Gasteiger charge is 2.53. The summed E-state index contributed by atoms with van der Waals surface area (Å²) in [6, 6.07) is 6.15. The summed E-state index contributed by atoms with van der Waals surface area (Å²) in [4.78, 5) is 13.1. The van der Waals surface area contributed by atoms with Crippen molar-refractivity contribution in [3.63, 3.8) is 0 Å². The molecule has 0 aromatic heterocycles. The first kappa shape index (κ1) is 16.8. The van der Waals surface area contributed by atoms with E-state index in [9.17, 15) is 13.2 Å². The van der Waals surface area contributed by atoms with Crippen molar-refractivity contribution in [1.82, 2.24) is 5.32 Å². The van der Waals surface area contributed by atoms with Crippen LogP contribution in [-0.4, -0.2) is 25.1 Å². The number of hydrogen-bond acceptors (Lipinski definition) is 3. The van der Waals surface area contributed by atoms with E-state index in [-0.39, 0.29) is 16.8 Å². The maximum atomic E-state index is 13.2. The molecule has 0 aliphatic heterocycles. The van der Waals surface area contributed by atoms with E-state index >= 15 is 0 Å². The van der Waals surface area contributed by atoms with E-state index in [0.717, 1.165) is 25.7 Å². The van der Waals surface area contributed by atoms with Gasteiger partial charge in [-0.15, -0.1) is 0 Å². The van der Waals surface area contributed by atoms with Crippen LogP contribution in [0.4, 0.5) is 0 Å². The zero-order valence-electron chi connectivity index (χ0n) is 13.2. The summed E-state index contributed by atoms with van der Waals surface area (Å²) in [6.45, 7) is 1.97. The highest BCUT2D eigenvalue weighted by molar-refractivity contribution is 7.93. The smallest absolute Gasteiger partial charge is 0.242 e. The van der Waals surface area contributed by atoms with Gasteiger partial charge in [-0.1, -0.05) is 24.4 Å². The van der Waals surface area contributed by atoms with Gasteiger partial charge in [0.25, 0.3) is 0 Å². The number of sulfone groups is 1. The molecule has 1 N–H and O–H groups in total. The third kappa shape index (κ3) is 3.01. The van der Waals surface area contributed by atoms with E-state index in [1.165, 1.54) is 12.1 Å². The molecule has 6 heteroatoms. The third-order valence-corrected chi connectivity index (χ3v) is 7.92. The van der Waals surface area contributed by atoms with Gasteiger partial charge in [0.1, 0.15) is 0 Å². The lowest BCUT2D eigenvalue weighted by atomic mass is 10.1. The molecule has 1 atom stereocenters. The molecule has 23 heavy (non-hydrogen) atoms. The van der Waals surface area contributed by atoms with Crippen molar-refractivity contribution >= 4 is 27.3 Å².